The molecule has 1 saturated carbocycles. The number of fused-ring (bicyclic) bond motifs is 3. The molecule has 1 aromatic heterocycles. The zero-order valence-electron chi connectivity index (χ0n) is 20.9. The van der Waals surface area contributed by atoms with Crippen LogP contribution in [0, 0.1) is 11.8 Å². The highest BCUT2D eigenvalue weighted by molar-refractivity contribution is 5.82. The molecule has 2 aromatic rings. The number of ether oxygens (including phenoxy) is 2. The molecule has 1 saturated heterocycles. The van der Waals surface area contributed by atoms with Gasteiger partial charge in [0.15, 0.2) is 0 Å². The highest BCUT2D eigenvalue weighted by Gasteiger charge is 2.33. The summed E-state index contributed by atoms with van der Waals surface area (Å²) in [6.45, 7) is 5.13. The van der Waals surface area contributed by atoms with Gasteiger partial charge in [0.1, 0.15) is 5.82 Å². The van der Waals surface area contributed by atoms with Gasteiger partial charge in [0.2, 0.25) is 0 Å². The lowest BCUT2D eigenvalue weighted by Crippen LogP contribution is -2.35. The molecular weight excluding hydrogens is 446 g/mol. The van der Waals surface area contributed by atoms with Gasteiger partial charge in [-0.25, -0.2) is 9.78 Å². The number of aromatic nitrogens is 2. The first-order valence-corrected chi connectivity index (χ1v) is 13.1. The second-order valence-electron chi connectivity index (χ2n) is 10.6. The maximum atomic E-state index is 12.3. The number of imidazole rings is 1. The van der Waals surface area contributed by atoms with Crippen molar-refractivity contribution in [3.8, 4) is 0 Å². The number of aliphatic carboxylic acids is 1. The third-order valence-corrected chi connectivity index (χ3v) is 8.42. The number of nitrogens with zero attached hydrogens (tertiary/aromatic N) is 3. The first-order valence-electron chi connectivity index (χ1n) is 13.1. The van der Waals surface area contributed by atoms with E-state index in [1.54, 1.807) is 4.90 Å². The van der Waals surface area contributed by atoms with Gasteiger partial charge in [-0.3, -0.25) is 4.79 Å². The summed E-state index contributed by atoms with van der Waals surface area (Å²) in [6.07, 6.45) is 6.87. The number of carbonyl (C=O) groups is 2. The smallest absolute Gasteiger partial charge is 0.409 e. The van der Waals surface area contributed by atoms with Gasteiger partial charge in [0.05, 0.1) is 30.6 Å². The van der Waals surface area contributed by atoms with Crippen molar-refractivity contribution in [2.24, 2.45) is 11.8 Å². The monoisotopic (exact) mass is 483 g/mol. The molecule has 1 atom stereocenters. The molecule has 2 fully saturated rings. The quantitative estimate of drug-likeness (QED) is 0.650. The number of hydrogen-bond donors (Lipinski definition) is 1. The highest BCUT2D eigenvalue weighted by atomic mass is 16.5. The summed E-state index contributed by atoms with van der Waals surface area (Å²) in [5, 5.41) is 9.48. The number of methoxy groups -OCH3 is 1. The van der Waals surface area contributed by atoms with Crippen LogP contribution in [0.2, 0.25) is 0 Å². The third kappa shape index (κ3) is 4.77. The Kier molecular flexibility index (Phi) is 7.00. The fraction of sp³-hybridized carbons (Fsp3) is 0.667. The molecule has 1 N–H and O–H groups in total. The number of amides is 1. The van der Waals surface area contributed by atoms with E-state index in [-0.39, 0.29) is 24.0 Å². The summed E-state index contributed by atoms with van der Waals surface area (Å²) in [7, 11) is 1.43. The van der Waals surface area contributed by atoms with E-state index >= 15 is 0 Å². The van der Waals surface area contributed by atoms with Crippen LogP contribution in [0.3, 0.4) is 0 Å². The zero-order chi connectivity index (χ0) is 24.5. The third-order valence-electron chi connectivity index (χ3n) is 8.42. The molecule has 5 rings (SSSR count). The van der Waals surface area contributed by atoms with Crippen molar-refractivity contribution in [3.63, 3.8) is 0 Å². The van der Waals surface area contributed by atoms with Gasteiger partial charge < -0.3 is 24.0 Å². The Bertz CT molecular complexity index is 1080. The largest absolute Gasteiger partial charge is 0.481 e. The SMILES string of the molecule is COC(=O)N1CCc2ccc3c(nc(C4CCC(C(=O)O)CC4)n3[C@@H](C)CC3CCOCC3)c2C1. The molecule has 3 aliphatic rings. The normalized spacial score (nSPS) is 24.2. The molecule has 8 heteroatoms. The second kappa shape index (κ2) is 10.2. The molecule has 0 radical (unpaired) electrons. The molecule has 3 heterocycles. The fourth-order valence-corrected chi connectivity index (χ4v) is 6.42. The van der Waals surface area contributed by atoms with Gasteiger partial charge in [0, 0.05) is 37.3 Å². The van der Waals surface area contributed by atoms with E-state index in [0.29, 0.717) is 31.8 Å². The van der Waals surface area contributed by atoms with Crippen LogP contribution in [0.1, 0.15) is 80.8 Å². The summed E-state index contributed by atoms with van der Waals surface area (Å²) in [6, 6.07) is 4.70. The minimum Gasteiger partial charge on any atom is -0.481 e. The van der Waals surface area contributed by atoms with Gasteiger partial charge in [-0.2, -0.15) is 0 Å². The summed E-state index contributed by atoms with van der Waals surface area (Å²) in [5.41, 5.74) is 4.49. The summed E-state index contributed by atoms with van der Waals surface area (Å²) in [5.74, 6) is 1.06. The molecule has 1 amide bonds. The van der Waals surface area contributed by atoms with E-state index in [2.05, 4.69) is 23.6 Å². The Morgan fingerprint density at radius 3 is 2.60 bits per heavy atom. The Morgan fingerprint density at radius 2 is 1.91 bits per heavy atom. The summed E-state index contributed by atoms with van der Waals surface area (Å²) >= 11 is 0. The lowest BCUT2D eigenvalue weighted by molar-refractivity contribution is -0.142. The predicted octanol–water partition coefficient (Wildman–Crippen LogP) is 4.90. The Hall–Kier alpha value is -2.61. The molecule has 0 unspecified atom stereocenters. The van der Waals surface area contributed by atoms with E-state index in [4.69, 9.17) is 14.5 Å². The molecule has 1 aliphatic carbocycles. The fourth-order valence-electron chi connectivity index (χ4n) is 6.42. The van der Waals surface area contributed by atoms with Crippen LogP contribution in [0.25, 0.3) is 11.0 Å². The number of carboxylic acids is 1. The predicted molar refractivity (Wildman–Crippen MR) is 131 cm³/mol. The lowest BCUT2D eigenvalue weighted by Gasteiger charge is -2.30. The average Bonchev–Trinajstić information content (AvgIpc) is 3.29. The highest BCUT2D eigenvalue weighted by Crippen LogP contribution is 2.40. The van der Waals surface area contributed by atoms with Crippen molar-refractivity contribution in [3.05, 3.63) is 29.1 Å². The Morgan fingerprint density at radius 1 is 1.17 bits per heavy atom. The van der Waals surface area contributed by atoms with Crippen LogP contribution in [0.5, 0.6) is 0 Å². The number of carbonyl (C=O) groups excluding carboxylic acids is 1. The van der Waals surface area contributed by atoms with E-state index in [9.17, 15) is 14.7 Å². The van der Waals surface area contributed by atoms with Crippen molar-refractivity contribution >= 4 is 23.1 Å². The topological polar surface area (TPSA) is 93.9 Å². The Balaban J connectivity index is 1.52. The first-order chi connectivity index (χ1) is 17.0. The minimum absolute atomic E-state index is 0.245. The van der Waals surface area contributed by atoms with Crippen molar-refractivity contribution in [1.29, 1.82) is 0 Å². The van der Waals surface area contributed by atoms with E-state index < -0.39 is 5.97 Å². The van der Waals surface area contributed by atoms with Gasteiger partial charge in [-0.1, -0.05) is 6.07 Å². The Labute approximate surface area is 206 Å². The first kappa shape index (κ1) is 24.1. The van der Waals surface area contributed by atoms with Crippen LogP contribution in [0.15, 0.2) is 12.1 Å². The second-order valence-corrected chi connectivity index (χ2v) is 10.6. The van der Waals surface area contributed by atoms with Crippen molar-refractivity contribution < 1.29 is 24.2 Å². The average molecular weight is 484 g/mol. The van der Waals surface area contributed by atoms with Gasteiger partial charge in [0.25, 0.3) is 0 Å². The molecule has 35 heavy (non-hydrogen) atoms. The van der Waals surface area contributed by atoms with Crippen LogP contribution in [0.4, 0.5) is 4.79 Å². The van der Waals surface area contributed by atoms with Gasteiger partial charge in [-0.05, 0) is 75.8 Å². The molecule has 2 aliphatic heterocycles. The van der Waals surface area contributed by atoms with Crippen LogP contribution >= 0.6 is 0 Å². The molecular formula is C27H37N3O5. The summed E-state index contributed by atoms with van der Waals surface area (Å²) < 4.78 is 13.0. The number of rotatable bonds is 5. The van der Waals surface area contributed by atoms with Gasteiger partial charge >= 0.3 is 12.1 Å². The van der Waals surface area contributed by atoms with Crippen LogP contribution < -0.4 is 0 Å². The number of carboxylic acid groups (broad SMARTS) is 1. The molecule has 0 spiro atoms. The van der Waals surface area contributed by atoms with Crippen molar-refractivity contribution in [1.82, 2.24) is 14.5 Å². The maximum Gasteiger partial charge on any atom is 0.409 e. The molecule has 8 nitrogen and oxygen atoms in total. The van der Waals surface area contributed by atoms with Crippen molar-refractivity contribution in [2.45, 2.75) is 76.8 Å². The molecule has 1 aromatic carbocycles. The number of hydrogen-bond acceptors (Lipinski definition) is 5. The van der Waals surface area contributed by atoms with Crippen LogP contribution in [-0.2, 0) is 27.2 Å². The summed E-state index contributed by atoms with van der Waals surface area (Å²) in [4.78, 5) is 30.8. The van der Waals surface area contributed by atoms with Crippen molar-refractivity contribution in [2.75, 3.05) is 26.9 Å². The maximum absolute atomic E-state index is 12.3. The van der Waals surface area contributed by atoms with Gasteiger partial charge in [-0.15, -0.1) is 0 Å². The van der Waals surface area contributed by atoms with E-state index in [1.165, 1.54) is 12.7 Å². The number of benzene rings is 1. The zero-order valence-corrected chi connectivity index (χ0v) is 20.9. The van der Waals surface area contributed by atoms with E-state index in [0.717, 1.165) is 74.2 Å². The molecule has 190 valence electrons. The van der Waals surface area contributed by atoms with Crippen LogP contribution in [-0.4, -0.2) is 58.5 Å². The lowest BCUT2D eigenvalue weighted by atomic mass is 9.81. The molecule has 0 bridgehead atoms. The van der Waals surface area contributed by atoms with E-state index in [1.807, 2.05) is 0 Å². The minimum atomic E-state index is -0.679. The standard InChI is InChI=1S/C27H37N3O5/c1-17(15-18-10-13-35-14-11-18)30-23-8-7-19-9-12-29(27(33)34-2)16-22(19)24(23)28-25(30)20-3-5-21(6-4-20)26(31)32/h7-8,17-18,20-21H,3-6,9-16H2,1-2H3,(H,31,32)/t17-,20?,21?/m0/s1.